The summed E-state index contributed by atoms with van der Waals surface area (Å²) >= 11 is 0. The van der Waals surface area contributed by atoms with Crippen molar-refractivity contribution in [2.75, 3.05) is 0 Å². The summed E-state index contributed by atoms with van der Waals surface area (Å²) in [6, 6.07) is 4.27. The van der Waals surface area contributed by atoms with Crippen LogP contribution in [0.3, 0.4) is 0 Å². The minimum atomic E-state index is 0.773. The number of rotatable bonds is 1. The molecule has 1 heteroatoms. The van der Waals surface area contributed by atoms with Crippen LogP contribution in [-0.2, 0) is 0 Å². The first-order valence-electron chi connectivity index (χ1n) is 4.29. The van der Waals surface area contributed by atoms with Gasteiger partial charge in [-0.25, -0.2) is 0 Å². The van der Waals surface area contributed by atoms with Crippen molar-refractivity contribution in [3.05, 3.63) is 29.6 Å². The fourth-order valence-corrected chi connectivity index (χ4v) is 1.49. The fraction of sp³-hybridized carbons (Fsp3) is 0.500. The summed E-state index contributed by atoms with van der Waals surface area (Å²) in [4.78, 5) is 4.36. The van der Waals surface area contributed by atoms with Crippen LogP contribution >= 0.6 is 0 Å². The van der Waals surface area contributed by atoms with E-state index in [1.807, 2.05) is 6.20 Å². The van der Waals surface area contributed by atoms with Gasteiger partial charge in [0.25, 0.3) is 0 Å². The second kappa shape index (κ2) is 2.65. The van der Waals surface area contributed by atoms with E-state index in [-0.39, 0.29) is 0 Å². The number of nitrogens with zero attached hydrogens (tertiary/aromatic N) is 1. The molecule has 0 bridgehead atoms. The zero-order valence-corrected chi connectivity index (χ0v) is 6.88. The Morgan fingerprint density at radius 3 is 2.82 bits per heavy atom. The quantitative estimate of drug-likeness (QED) is 0.595. The lowest BCUT2D eigenvalue weighted by molar-refractivity contribution is 0.411. The molecule has 0 radical (unpaired) electrons. The maximum absolute atomic E-state index is 4.36. The average molecular weight is 147 g/mol. The van der Waals surface area contributed by atoms with E-state index in [4.69, 9.17) is 0 Å². The molecule has 2 rings (SSSR count). The standard InChI is InChI=1S/C10H13N/c1-8-5-6-11-10(7-8)9-3-2-4-9/h5-7,9H,2-4H2,1H3. The number of aryl methyl sites for hydroxylation is 1. The monoisotopic (exact) mass is 147 g/mol. The van der Waals surface area contributed by atoms with Crippen LogP contribution in [0.15, 0.2) is 18.3 Å². The molecule has 1 fully saturated rings. The van der Waals surface area contributed by atoms with Gasteiger partial charge in [-0.2, -0.15) is 0 Å². The molecule has 1 aliphatic rings. The number of hydrogen-bond donors (Lipinski definition) is 0. The summed E-state index contributed by atoms with van der Waals surface area (Å²) < 4.78 is 0. The van der Waals surface area contributed by atoms with Crippen LogP contribution in [0.5, 0.6) is 0 Å². The van der Waals surface area contributed by atoms with E-state index in [2.05, 4.69) is 24.0 Å². The van der Waals surface area contributed by atoms with E-state index in [0.717, 1.165) is 5.92 Å². The Kier molecular flexibility index (Phi) is 1.65. The van der Waals surface area contributed by atoms with Crippen LogP contribution in [-0.4, -0.2) is 4.98 Å². The zero-order chi connectivity index (χ0) is 7.68. The van der Waals surface area contributed by atoms with E-state index in [0.29, 0.717) is 0 Å². The molecular formula is C10H13N. The molecule has 1 heterocycles. The van der Waals surface area contributed by atoms with Crippen molar-refractivity contribution < 1.29 is 0 Å². The van der Waals surface area contributed by atoms with Gasteiger partial charge in [0.2, 0.25) is 0 Å². The van der Waals surface area contributed by atoms with Crippen LogP contribution in [0.2, 0.25) is 0 Å². The van der Waals surface area contributed by atoms with E-state index in [9.17, 15) is 0 Å². The maximum Gasteiger partial charge on any atom is 0.0437 e. The zero-order valence-electron chi connectivity index (χ0n) is 6.88. The molecule has 1 aromatic rings. The smallest absolute Gasteiger partial charge is 0.0437 e. The van der Waals surface area contributed by atoms with Crippen molar-refractivity contribution in [2.45, 2.75) is 32.1 Å². The molecule has 0 spiro atoms. The predicted octanol–water partition coefficient (Wildman–Crippen LogP) is 2.66. The summed E-state index contributed by atoms with van der Waals surface area (Å²) in [5.74, 6) is 0.773. The minimum Gasteiger partial charge on any atom is -0.261 e. The Balaban J connectivity index is 2.23. The number of hydrogen-bond acceptors (Lipinski definition) is 1. The first-order chi connectivity index (χ1) is 5.36. The third-order valence-corrected chi connectivity index (χ3v) is 2.46. The van der Waals surface area contributed by atoms with E-state index < -0.39 is 0 Å². The highest BCUT2D eigenvalue weighted by atomic mass is 14.7. The molecule has 1 nitrogen and oxygen atoms in total. The number of aromatic nitrogens is 1. The highest BCUT2D eigenvalue weighted by Gasteiger charge is 2.20. The molecule has 1 aliphatic carbocycles. The summed E-state index contributed by atoms with van der Waals surface area (Å²) in [7, 11) is 0. The molecule has 1 aromatic heterocycles. The lowest BCUT2D eigenvalue weighted by atomic mass is 9.82. The molecule has 58 valence electrons. The largest absolute Gasteiger partial charge is 0.261 e. The van der Waals surface area contributed by atoms with Crippen molar-refractivity contribution in [3.8, 4) is 0 Å². The van der Waals surface area contributed by atoms with Gasteiger partial charge < -0.3 is 0 Å². The first kappa shape index (κ1) is 6.84. The van der Waals surface area contributed by atoms with Gasteiger partial charge >= 0.3 is 0 Å². The van der Waals surface area contributed by atoms with Crippen molar-refractivity contribution in [2.24, 2.45) is 0 Å². The lowest BCUT2D eigenvalue weighted by Gasteiger charge is -2.24. The molecule has 0 atom stereocenters. The molecule has 0 saturated heterocycles. The van der Waals surface area contributed by atoms with E-state index in [1.165, 1.54) is 30.5 Å². The molecule has 0 unspecified atom stereocenters. The van der Waals surface area contributed by atoms with Crippen LogP contribution in [0.25, 0.3) is 0 Å². The Hall–Kier alpha value is -0.850. The van der Waals surface area contributed by atoms with Crippen molar-refractivity contribution in [1.29, 1.82) is 0 Å². The third kappa shape index (κ3) is 1.28. The second-order valence-corrected chi connectivity index (χ2v) is 3.39. The SMILES string of the molecule is Cc1ccnc(C2CCC2)c1. The van der Waals surface area contributed by atoms with Crippen molar-refractivity contribution >= 4 is 0 Å². The highest BCUT2D eigenvalue weighted by Crippen LogP contribution is 2.35. The van der Waals surface area contributed by atoms with Crippen molar-refractivity contribution in [3.63, 3.8) is 0 Å². The molecule has 0 amide bonds. The maximum atomic E-state index is 4.36. The van der Waals surface area contributed by atoms with Crippen LogP contribution in [0.1, 0.15) is 36.4 Å². The minimum absolute atomic E-state index is 0.773. The molecule has 0 N–H and O–H groups in total. The second-order valence-electron chi connectivity index (χ2n) is 3.39. The van der Waals surface area contributed by atoms with Gasteiger partial charge in [-0.05, 0) is 37.5 Å². The van der Waals surface area contributed by atoms with Crippen molar-refractivity contribution in [1.82, 2.24) is 4.98 Å². The molecule has 11 heavy (non-hydrogen) atoms. The van der Waals surface area contributed by atoms with Gasteiger partial charge in [0.05, 0.1) is 0 Å². The molecular weight excluding hydrogens is 134 g/mol. The summed E-state index contributed by atoms with van der Waals surface area (Å²) in [5, 5.41) is 0. The Bertz CT molecular complexity index is 251. The van der Waals surface area contributed by atoms with Gasteiger partial charge in [-0.3, -0.25) is 4.98 Å². The summed E-state index contributed by atoms with van der Waals surface area (Å²) in [6.07, 6.45) is 6.00. The Morgan fingerprint density at radius 2 is 2.27 bits per heavy atom. The fourth-order valence-electron chi connectivity index (χ4n) is 1.49. The molecule has 0 aromatic carbocycles. The van der Waals surface area contributed by atoms with Gasteiger partial charge in [0.15, 0.2) is 0 Å². The van der Waals surface area contributed by atoms with E-state index in [1.54, 1.807) is 0 Å². The van der Waals surface area contributed by atoms with Crippen LogP contribution in [0, 0.1) is 6.92 Å². The lowest BCUT2D eigenvalue weighted by Crippen LogP contribution is -2.10. The Morgan fingerprint density at radius 1 is 1.45 bits per heavy atom. The van der Waals surface area contributed by atoms with Gasteiger partial charge in [-0.15, -0.1) is 0 Å². The van der Waals surface area contributed by atoms with Gasteiger partial charge in [0, 0.05) is 17.8 Å². The van der Waals surface area contributed by atoms with Gasteiger partial charge in [0.1, 0.15) is 0 Å². The van der Waals surface area contributed by atoms with Gasteiger partial charge in [-0.1, -0.05) is 6.42 Å². The van der Waals surface area contributed by atoms with Crippen LogP contribution in [0.4, 0.5) is 0 Å². The normalized spacial score (nSPS) is 17.9. The summed E-state index contributed by atoms with van der Waals surface area (Å²) in [6.45, 7) is 2.13. The van der Waals surface area contributed by atoms with Crippen LogP contribution < -0.4 is 0 Å². The average Bonchev–Trinajstić information content (AvgIpc) is 1.83. The van der Waals surface area contributed by atoms with E-state index >= 15 is 0 Å². The highest BCUT2D eigenvalue weighted by molar-refractivity contribution is 5.18. The molecule has 1 saturated carbocycles. The number of pyridine rings is 1. The topological polar surface area (TPSA) is 12.9 Å². The predicted molar refractivity (Wildman–Crippen MR) is 45.6 cm³/mol. The molecule has 0 aliphatic heterocycles. The first-order valence-corrected chi connectivity index (χ1v) is 4.29. The summed E-state index contributed by atoms with van der Waals surface area (Å²) in [5.41, 5.74) is 2.64. The third-order valence-electron chi connectivity index (χ3n) is 2.46. The Labute approximate surface area is 67.5 Å².